The second kappa shape index (κ2) is 6.83. The molecule has 2 aromatic carbocycles. The summed E-state index contributed by atoms with van der Waals surface area (Å²) < 4.78 is 28.4. The number of nitrogens with one attached hydrogen (secondary N) is 1. The number of benzene rings is 2. The summed E-state index contributed by atoms with van der Waals surface area (Å²) in [5.41, 5.74) is 3.15. The van der Waals surface area contributed by atoms with Crippen molar-refractivity contribution in [1.82, 2.24) is 4.72 Å². The van der Waals surface area contributed by atoms with Gasteiger partial charge in [-0.2, -0.15) is 0 Å². The molecule has 0 aliphatic heterocycles. The van der Waals surface area contributed by atoms with Crippen molar-refractivity contribution in [1.29, 1.82) is 0 Å². The molecule has 0 radical (unpaired) electrons. The van der Waals surface area contributed by atoms with E-state index in [1.807, 2.05) is 37.3 Å². The third-order valence-electron chi connectivity index (χ3n) is 3.80. The zero-order chi connectivity index (χ0) is 17.2. The van der Waals surface area contributed by atoms with Crippen LogP contribution in [0, 0.1) is 20.8 Å². The summed E-state index contributed by atoms with van der Waals surface area (Å²) in [6, 6.07) is 12.1. The van der Waals surface area contributed by atoms with Gasteiger partial charge in [0.2, 0.25) is 10.0 Å². The van der Waals surface area contributed by atoms with Crippen LogP contribution in [0.2, 0.25) is 0 Å². The number of aryl methyl sites for hydroxylation is 3. The Morgan fingerprint density at radius 1 is 1.00 bits per heavy atom. The van der Waals surface area contributed by atoms with E-state index in [-0.39, 0.29) is 4.90 Å². The highest BCUT2D eigenvalue weighted by Gasteiger charge is 2.27. The average molecular weight is 333 g/mol. The summed E-state index contributed by atoms with van der Waals surface area (Å²) >= 11 is 0. The first-order valence-corrected chi connectivity index (χ1v) is 9.04. The molecular formula is C18H23NO3S. The Morgan fingerprint density at radius 3 is 2.00 bits per heavy atom. The molecule has 2 aromatic rings. The third-order valence-corrected chi connectivity index (χ3v) is 5.54. The minimum Gasteiger partial charge on any atom is -0.391 e. The molecule has 23 heavy (non-hydrogen) atoms. The monoisotopic (exact) mass is 333 g/mol. The van der Waals surface area contributed by atoms with Crippen LogP contribution in [0.5, 0.6) is 0 Å². The topological polar surface area (TPSA) is 66.4 Å². The summed E-state index contributed by atoms with van der Waals surface area (Å²) in [4.78, 5) is 0.282. The zero-order valence-corrected chi connectivity index (χ0v) is 14.7. The number of aliphatic hydroxyl groups excluding tert-OH is 1. The SMILES string of the molecule is Cc1cc(C)c(S(=O)(=O)N[C@@H](c2ccccc2)[C@@H](C)O)c(C)c1. The van der Waals surface area contributed by atoms with E-state index < -0.39 is 22.2 Å². The van der Waals surface area contributed by atoms with Gasteiger partial charge < -0.3 is 5.11 Å². The maximum atomic E-state index is 12.9. The van der Waals surface area contributed by atoms with Crippen LogP contribution in [0.15, 0.2) is 47.4 Å². The molecule has 0 aliphatic carbocycles. The summed E-state index contributed by atoms with van der Waals surface area (Å²) in [5.74, 6) is 0. The second-order valence-corrected chi connectivity index (χ2v) is 7.63. The molecule has 0 saturated carbocycles. The van der Waals surface area contributed by atoms with Crippen molar-refractivity contribution in [3.05, 3.63) is 64.7 Å². The van der Waals surface area contributed by atoms with E-state index >= 15 is 0 Å². The van der Waals surface area contributed by atoms with E-state index in [9.17, 15) is 13.5 Å². The lowest BCUT2D eigenvalue weighted by atomic mass is 10.0. The lowest BCUT2D eigenvalue weighted by molar-refractivity contribution is 0.156. The van der Waals surface area contributed by atoms with Crippen LogP contribution in [0.1, 0.15) is 35.2 Å². The number of sulfonamides is 1. The molecule has 0 spiro atoms. The smallest absolute Gasteiger partial charge is 0.241 e. The van der Waals surface area contributed by atoms with Gasteiger partial charge >= 0.3 is 0 Å². The van der Waals surface area contributed by atoms with Crippen molar-refractivity contribution in [2.24, 2.45) is 0 Å². The van der Waals surface area contributed by atoms with Gasteiger partial charge in [-0.25, -0.2) is 13.1 Å². The summed E-state index contributed by atoms with van der Waals surface area (Å²) in [7, 11) is -3.74. The summed E-state index contributed by atoms with van der Waals surface area (Å²) in [6.07, 6.45) is -0.849. The normalized spacial score (nSPS) is 14.5. The van der Waals surface area contributed by atoms with Crippen molar-refractivity contribution < 1.29 is 13.5 Å². The maximum absolute atomic E-state index is 12.9. The van der Waals surface area contributed by atoms with E-state index in [1.165, 1.54) is 0 Å². The highest BCUT2D eigenvalue weighted by molar-refractivity contribution is 7.89. The largest absolute Gasteiger partial charge is 0.391 e. The van der Waals surface area contributed by atoms with Crippen molar-refractivity contribution in [3.63, 3.8) is 0 Å². The number of aliphatic hydroxyl groups is 1. The standard InChI is InChI=1S/C18H23NO3S/c1-12-10-13(2)18(14(3)11-12)23(21,22)19-17(15(4)20)16-8-6-5-7-9-16/h5-11,15,17,19-20H,1-4H3/t15-,17-/m1/s1. The van der Waals surface area contributed by atoms with E-state index in [1.54, 1.807) is 32.9 Å². The predicted molar refractivity (Wildman–Crippen MR) is 91.8 cm³/mol. The lowest BCUT2D eigenvalue weighted by Gasteiger charge is -2.23. The van der Waals surface area contributed by atoms with E-state index in [0.717, 1.165) is 11.1 Å². The molecular weight excluding hydrogens is 310 g/mol. The Morgan fingerprint density at radius 2 is 1.52 bits per heavy atom. The highest BCUT2D eigenvalue weighted by Crippen LogP contribution is 2.25. The van der Waals surface area contributed by atoms with Crippen LogP contribution in [0.3, 0.4) is 0 Å². The zero-order valence-electron chi connectivity index (χ0n) is 13.9. The minimum atomic E-state index is -3.74. The Labute approximate surface area is 138 Å². The molecule has 2 N–H and O–H groups in total. The van der Waals surface area contributed by atoms with Crippen molar-refractivity contribution in [2.75, 3.05) is 0 Å². The van der Waals surface area contributed by atoms with Gasteiger partial charge in [0.15, 0.2) is 0 Å². The lowest BCUT2D eigenvalue weighted by Crippen LogP contribution is -2.35. The van der Waals surface area contributed by atoms with Gasteiger partial charge in [0.1, 0.15) is 0 Å². The fourth-order valence-electron chi connectivity index (χ4n) is 2.92. The number of hydrogen-bond acceptors (Lipinski definition) is 3. The summed E-state index contributed by atoms with van der Waals surface area (Å²) in [5, 5.41) is 10.0. The van der Waals surface area contributed by atoms with E-state index in [4.69, 9.17) is 0 Å². The molecule has 0 saturated heterocycles. The highest BCUT2D eigenvalue weighted by atomic mass is 32.2. The van der Waals surface area contributed by atoms with Crippen LogP contribution in [-0.2, 0) is 10.0 Å². The van der Waals surface area contributed by atoms with Crippen LogP contribution >= 0.6 is 0 Å². The molecule has 0 amide bonds. The predicted octanol–water partition coefficient (Wildman–Crippen LogP) is 3.01. The van der Waals surface area contributed by atoms with E-state index in [0.29, 0.717) is 11.1 Å². The quantitative estimate of drug-likeness (QED) is 0.884. The van der Waals surface area contributed by atoms with Crippen LogP contribution in [0.25, 0.3) is 0 Å². The molecule has 5 heteroatoms. The molecule has 0 bridgehead atoms. The van der Waals surface area contributed by atoms with Crippen molar-refractivity contribution in [2.45, 2.75) is 44.7 Å². The van der Waals surface area contributed by atoms with Gasteiger partial charge in [-0.1, -0.05) is 48.0 Å². The van der Waals surface area contributed by atoms with Gasteiger partial charge in [0, 0.05) is 0 Å². The molecule has 2 atom stereocenters. The maximum Gasteiger partial charge on any atom is 0.241 e. The minimum absolute atomic E-state index is 0.282. The number of hydrogen-bond donors (Lipinski definition) is 2. The molecule has 124 valence electrons. The molecule has 0 aliphatic rings. The fourth-order valence-corrected chi connectivity index (χ4v) is 4.67. The molecule has 0 unspecified atom stereocenters. The van der Waals surface area contributed by atoms with Gasteiger partial charge in [-0.15, -0.1) is 0 Å². The first-order valence-electron chi connectivity index (χ1n) is 7.55. The Bertz CT molecular complexity index is 760. The van der Waals surface area contributed by atoms with Crippen molar-refractivity contribution >= 4 is 10.0 Å². The second-order valence-electron chi connectivity index (χ2n) is 5.98. The molecule has 2 rings (SSSR count). The van der Waals surface area contributed by atoms with E-state index in [2.05, 4.69) is 4.72 Å². The molecule has 0 fully saturated rings. The Hall–Kier alpha value is -1.69. The van der Waals surface area contributed by atoms with Crippen molar-refractivity contribution in [3.8, 4) is 0 Å². The van der Waals surface area contributed by atoms with Crippen LogP contribution in [-0.4, -0.2) is 19.6 Å². The average Bonchev–Trinajstić information content (AvgIpc) is 2.44. The molecule has 0 aromatic heterocycles. The van der Waals surface area contributed by atoms with Gasteiger partial charge in [-0.05, 0) is 44.4 Å². The summed E-state index contributed by atoms with van der Waals surface area (Å²) in [6.45, 7) is 7.09. The Balaban J connectivity index is 2.44. The van der Waals surface area contributed by atoms with Crippen LogP contribution in [0.4, 0.5) is 0 Å². The first kappa shape index (κ1) is 17.7. The van der Waals surface area contributed by atoms with Gasteiger partial charge in [-0.3, -0.25) is 0 Å². The number of rotatable bonds is 5. The van der Waals surface area contributed by atoms with Gasteiger partial charge in [0.25, 0.3) is 0 Å². The molecule has 0 heterocycles. The Kier molecular flexibility index (Phi) is 5.24. The fraction of sp³-hybridized carbons (Fsp3) is 0.333. The van der Waals surface area contributed by atoms with Crippen LogP contribution < -0.4 is 4.72 Å². The third kappa shape index (κ3) is 3.99. The molecule has 4 nitrogen and oxygen atoms in total. The first-order chi connectivity index (χ1) is 10.7. The van der Waals surface area contributed by atoms with Gasteiger partial charge in [0.05, 0.1) is 17.0 Å².